The first kappa shape index (κ1) is 19.7. The van der Waals surface area contributed by atoms with Crippen molar-refractivity contribution in [3.05, 3.63) is 30.1 Å². The van der Waals surface area contributed by atoms with Crippen LogP contribution in [0.15, 0.2) is 29.4 Å². The second-order valence-electron chi connectivity index (χ2n) is 5.39. The number of carbonyl (C=O) groups is 1. The summed E-state index contributed by atoms with van der Waals surface area (Å²) in [6.45, 7) is 4.10. The quantitative estimate of drug-likeness (QED) is 0.254. The van der Waals surface area contributed by atoms with Crippen LogP contribution in [0.4, 0.5) is 0 Å². The topological polar surface area (TPSA) is 78.4 Å². The van der Waals surface area contributed by atoms with Gasteiger partial charge in [0.05, 0.1) is 12.2 Å². The van der Waals surface area contributed by atoms with Gasteiger partial charge in [-0.05, 0) is 38.3 Å². The summed E-state index contributed by atoms with van der Waals surface area (Å²) in [5.41, 5.74) is 0.934. The summed E-state index contributed by atoms with van der Waals surface area (Å²) in [5.74, 6) is 0.912. The lowest BCUT2D eigenvalue weighted by atomic mass is 10.3. The Morgan fingerprint density at radius 1 is 1.35 bits per heavy atom. The number of guanidine groups is 1. The SMILES string of the molecule is CCNC(=NCc1ccccn1)NCCCC(=O)NC1CC1.I. The Morgan fingerprint density at radius 3 is 2.83 bits per heavy atom. The van der Waals surface area contributed by atoms with E-state index in [9.17, 15) is 4.79 Å². The van der Waals surface area contributed by atoms with Crippen molar-refractivity contribution in [2.24, 2.45) is 4.99 Å². The van der Waals surface area contributed by atoms with Crippen molar-refractivity contribution in [3.63, 3.8) is 0 Å². The van der Waals surface area contributed by atoms with Gasteiger partial charge in [0, 0.05) is 31.7 Å². The summed E-state index contributed by atoms with van der Waals surface area (Å²) >= 11 is 0. The molecule has 0 spiro atoms. The van der Waals surface area contributed by atoms with Gasteiger partial charge >= 0.3 is 0 Å². The molecule has 0 atom stereocenters. The molecular weight excluding hydrogens is 405 g/mol. The van der Waals surface area contributed by atoms with Crippen molar-refractivity contribution in [3.8, 4) is 0 Å². The fraction of sp³-hybridized carbons (Fsp3) is 0.562. The minimum absolute atomic E-state index is 0. The molecule has 1 heterocycles. The summed E-state index contributed by atoms with van der Waals surface area (Å²) in [5, 5.41) is 9.43. The number of hydrogen-bond donors (Lipinski definition) is 3. The highest BCUT2D eigenvalue weighted by Crippen LogP contribution is 2.18. The zero-order chi connectivity index (χ0) is 15.6. The number of nitrogens with zero attached hydrogens (tertiary/aromatic N) is 2. The first-order chi connectivity index (χ1) is 10.8. The van der Waals surface area contributed by atoms with E-state index >= 15 is 0 Å². The van der Waals surface area contributed by atoms with Gasteiger partial charge in [0.2, 0.25) is 5.91 Å². The van der Waals surface area contributed by atoms with Gasteiger partial charge in [0.25, 0.3) is 0 Å². The first-order valence-electron chi connectivity index (χ1n) is 7.99. The molecule has 0 aromatic carbocycles. The van der Waals surface area contributed by atoms with Crippen molar-refractivity contribution in [2.75, 3.05) is 13.1 Å². The van der Waals surface area contributed by atoms with E-state index in [0.29, 0.717) is 19.0 Å². The fourth-order valence-corrected chi connectivity index (χ4v) is 1.98. The summed E-state index contributed by atoms with van der Waals surface area (Å²) in [6, 6.07) is 6.24. The van der Waals surface area contributed by atoms with Gasteiger partial charge in [-0.25, -0.2) is 4.99 Å². The molecule has 3 N–H and O–H groups in total. The molecule has 1 saturated carbocycles. The zero-order valence-electron chi connectivity index (χ0n) is 13.5. The lowest BCUT2D eigenvalue weighted by Gasteiger charge is -2.11. The molecule has 1 aliphatic rings. The Labute approximate surface area is 155 Å². The van der Waals surface area contributed by atoms with E-state index in [-0.39, 0.29) is 29.9 Å². The second kappa shape index (κ2) is 11.2. The van der Waals surface area contributed by atoms with E-state index in [4.69, 9.17) is 0 Å². The number of halogens is 1. The van der Waals surface area contributed by atoms with E-state index in [0.717, 1.165) is 44.0 Å². The smallest absolute Gasteiger partial charge is 0.220 e. The highest BCUT2D eigenvalue weighted by molar-refractivity contribution is 14.0. The van der Waals surface area contributed by atoms with Gasteiger partial charge in [-0.3, -0.25) is 9.78 Å². The molecular formula is C16H26IN5O. The minimum atomic E-state index is 0. The van der Waals surface area contributed by atoms with Gasteiger partial charge < -0.3 is 16.0 Å². The lowest BCUT2D eigenvalue weighted by Crippen LogP contribution is -2.38. The van der Waals surface area contributed by atoms with Crippen molar-refractivity contribution < 1.29 is 4.79 Å². The van der Waals surface area contributed by atoms with Gasteiger partial charge in [-0.1, -0.05) is 6.07 Å². The van der Waals surface area contributed by atoms with Crippen LogP contribution < -0.4 is 16.0 Å². The molecule has 0 unspecified atom stereocenters. The van der Waals surface area contributed by atoms with Crippen molar-refractivity contribution >= 4 is 35.8 Å². The predicted molar refractivity (Wildman–Crippen MR) is 103 cm³/mol. The minimum Gasteiger partial charge on any atom is -0.357 e. The molecule has 1 fully saturated rings. The predicted octanol–water partition coefficient (Wildman–Crippen LogP) is 1.81. The standard InChI is InChI=1S/C16H25N5O.HI/c1-2-17-16(20-12-14-6-3-4-10-18-14)19-11-5-7-15(22)21-13-8-9-13;/h3-4,6,10,13H,2,5,7-9,11-12H2,1H3,(H,21,22)(H2,17,19,20);1H. The van der Waals surface area contributed by atoms with Crippen LogP contribution in [0.2, 0.25) is 0 Å². The van der Waals surface area contributed by atoms with E-state index in [1.54, 1.807) is 6.20 Å². The van der Waals surface area contributed by atoms with Gasteiger partial charge in [0.1, 0.15) is 0 Å². The number of pyridine rings is 1. The molecule has 0 radical (unpaired) electrons. The third-order valence-electron chi connectivity index (χ3n) is 3.29. The fourth-order valence-electron chi connectivity index (χ4n) is 1.98. The average Bonchev–Trinajstić information content (AvgIpc) is 3.34. The van der Waals surface area contributed by atoms with Crippen LogP contribution in [0, 0.1) is 0 Å². The van der Waals surface area contributed by atoms with Gasteiger partial charge in [-0.15, -0.1) is 24.0 Å². The number of amides is 1. The lowest BCUT2D eigenvalue weighted by molar-refractivity contribution is -0.121. The van der Waals surface area contributed by atoms with Crippen molar-refractivity contribution in [1.29, 1.82) is 0 Å². The number of rotatable bonds is 8. The Morgan fingerprint density at radius 2 is 2.17 bits per heavy atom. The maximum Gasteiger partial charge on any atom is 0.220 e. The van der Waals surface area contributed by atoms with Gasteiger partial charge in [-0.2, -0.15) is 0 Å². The molecule has 0 saturated heterocycles. The molecule has 1 amide bonds. The Balaban J connectivity index is 0.00000264. The van der Waals surface area contributed by atoms with Crippen LogP contribution in [0.25, 0.3) is 0 Å². The number of aromatic nitrogens is 1. The van der Waals surface area contributed by atoms with E-state index in [2.05, 4.69) is 25.9 Å². The Bertz CT molecular complexity index is 491. The first-order valence-corrected chi connectivity index (χ1v) is 7.99. The monoisotopic (exact) mass is 431 g/mol. The molecule has 2 rings (SSSR count). The van der Waals surface area contributed by atoms with Crippen LogP contribution in [0.3, 0.4) is 0 Å². The van der Waals surface area contributed by atoms with Crippen LogP contribution in [-0.4, -0.2) is 36.0 Å². The largest absolute Gasteiger partial charge is 0.357 e. The summed E-state index contributed by atoms with van der Waals surface area (Å²) in [7, 11) is 0. The van der Waals surface area contributed by atoms with Crippen LogP contribution in [-0.2, 0) is 11.3 Å². The maximum absolute atomic E-state index is 11.6. The average molecular weight is 431 g/mol. The highest BCUT2D eigenvalue weighted by Gasteiger charge is 2.22. The number of carbonyl (C=O) groups excluding carboxylic acids is 1. The summed E-state index contributed by atoms with van der Waals surface area (Å²) < 4.78 is 0. The van der Waals surface area contributed by atoms with Crippen molar-refractivity contribution in [1.82, 2.24) is 20.9 Å². The molecule has 1 aromatic rings. The molecule has 128 valence electrons. The van der Waals surface area contributed by atoms with E-state index in [1.165, 1.54) is 0 Å². The number of hydrogen-bond acceptors (Lipinski definition) is 3. The number of aliphatic imine (C=N–C) groups is 1. The normalized spacial score (nSPS) is 13.9. The van der Waals surface area contributed by atoms with Crippen molar-refractivity contribution in [2.45, 2.75) is 45.2 Å². The van der Waals surface area contributed by atoms with E-state index in [1.807, 2.05) is 25.1 Å². The Kier molecular flexibility index (Phi) is 9.58. The highest BCUT2D eigenvalue weighted by atomic mass is 127. The zero-order valence-corrected chi connectivity index (χ0v) is 15.9. The molecule has 0 bridgehead atoms. The third kappa shape index (κ3) is 8.73. The molecule has 7 heteroatoms. The number of nitrogens with one attached hydrogen (secondary N) is 3. The van der Waals surface area contributed by atoms with Crippen LogP contribution in [0.5, 0.6) is 0 Å². The van der Waals surface area contributed by atoms with Crippen LogP contribution in [0.1, 0.15) is 38.3 Å². The molecule has 1 aliphatic carbocycles. The molecule has 1 aromatic heterocycles. The van der Waals surface area contributed by atoms with E-state index < -0.39 is 0 Å². The maximum atomic E-state index is 11.6. The molecule has 0 aliphatic heterocycles. The summed E-state index contributed by atoms with van der Waals surface area (Å²) in [4.78, 5) is 20.3. The summed E-state index contributed by atoms with van der Waals surface area (Å²) in [6.07, 6.45) is 5.39. The molecule has 6 nitrogen and oxygen atoms in total. The second-order valence-corrected chi connectivity index (χ2v) is 5.39. The molecule has 23 heavy (non-hydrogen) atoms. The van der Waals surface area contributed by atoms with Crippen LogP contribution >= 0.6 is 24.0 Å². The Hall–Kier alpha value is -1.38. The van der Waals surface area contributed by atoms with Gasteiger partial charge in [0.15, 0.2) is 5.96 Å². The third-order valence-corrected chi connectivity index (χ3v) is 3.29.